The Morgan fingerprint density at radius 1 is 0.300 bits per heavy atom. The van der Waals surface area contributed by atoms with E-state index in [9.17, 15) is 0 Å². The predicted octanol–water partition coefficient (Wildman–Crippen LogP) is 11.7. The van der Waals surface area contributed by atoms with Gasteiger partial charge in [-0.1, -0.05) is 97.1 Å². The molecule has 0 aliphatic heterocycles. The van der Waals surface area contributed by atoms with Crippen LogP contribution in [0.15, 0.2) is 146 Å². The molecule has 4 heteroatoms. The van der Waals surface area contributed by atoms with Gasteiger partial charge in [0.2, 0.25) is 0 Å². The molecule has 228 valence electrons. The van der Waals surface area contributed by atoms with E-state index in [0.717, 1.165) is 11.1 Å². The largest absolute Gasteiger partial charge is 0.159 e. The summed E-state index contributed by atoms with van der Waals surface area (Å²) in [6.07, 6.45) is 7.40. The Hall–Kier alpha value is -6.78. The van der Waals surface area contributed by atoms with Gasteiger partial charge in [-0.2, -0.15) is 20.4 Å². The molecule has 2 aromatic heterocycles. The van der Waals surface area contributed by atoms with Crippen molar-refractivity contribution >= 4 is 53.9 Å². The molecule has 0 fully saturated rings. The molecule has 0 spiro atoms. The van der Waals surface area contributed by atoms with Crippen molar-refractivity contribution in [2.45, 2.75) is 0 Å². The van der Waals surface area contributed by atoms with Crippen LogP contribution >= 0.6 is 0 Å². The van der Waals surface area contributed by atoms with Crippen LogP contribution in [0.2, 0.25) is 0 Å². The summed E-state index contributed by atoms with van der Waals surface area (Å²) >= 11 is 0. The molecule has 0 atom stereocenters. The number of hydrogen-bond donors (Lipinski definition) is 0. The highest BCUT2D eigenvalue weighted by atomic mass is 15.1. The minimum absolute atomic E-state index is 1.07. The highest BCUT2D eigenvalue weighted by Crippen LogP contribution is 2.56. The van der Waals surface area contributed by atoms with E-state index in [1.165, 1.54) is 109 Å². The minimum atomic E-state index is 1.07. The van der Waals surface area contributed by atoms with Crippen LogP contribution in [-0.4, -0.2) is 20.4 Å². The van der Waals surface area contributed by atoms with Gasteiger partial charge in [0.1, 0.15) is 0 Å². The van der Waals surface area contributed by atoms with Gasteiger partial charge in [-0.05, 0) is 134 Å². The number of fused-ring (bicyclic) bond motifs is 11. The molecular formula is C46H24N4. The summed E-state index contributed by atoms with van der Waals surface area (Å²) in [5.41, 5.74) is 14.8. The lowest BCUT2D eigenvalue weighted by atomic mass is 9.84. The summed E-state index contributed by atoms with van der Waals surface area (Å²) in [6, 6.07) is 45.0. The van der Waals surface area contributed by atoms with Gasteiger partial charge in [0.05, 0.1) is 24.8 Å². The van der Waals surface area contributed by atoms with Crippen molar-refractivity contribution in [2.75, 3.05) is 0 Å². The average Bonchev–Trinajstić information content (AvgIpc) is 3.68. The van der Waals surface area contributed by atoms with Gasteiger partial charge in [-0.3, -0.25) is 0 Å². The van der Waals surface area contributed by atoms with Crippen molar-refractivity contribution in [3.05, 3.63) is 146 Å². The molecule has 0 unspecified atom stereocenters. The highest BCUT2D eigenvalue weighted by Gasteiger charge is 2.29. The molecule has 0 radical (unpaired) electrons. The number of nitrogens with zero attached hydrogens (tertiary/aromatic N) is 4. The molecule has 0 bridgehead atoms. The van der Waals surface area contributed by atoms with Crippen molar-refractivity contribution < 1.29 is 0 Å². The van der Waals surface area contributed by atoms with E-state index in [2.05, 4.69) is 142 Å². The van der Waals surface area contributed by atoms with Gasteiger partial charge in [-0.15, -0.1) is 0 Å². The first kappa shape index (κ1) is 26.2. The first-order chi connectivity index (χ1) is 24.8. The van der Waals surface area contributed by atoms with Gasteiger partial charge in [-0.25, -0.2) is 0 Å². The number of benzene rings is 8. The number of hydrogen-bond acceptors (Lipinski definition) is 4. The molecule has 8 aromatic carbocycles. The third-order valence-corrected chi connectivity index (χ3v) is 11.1. The topological polar surface area (TPSA) is 51.6 Å². The van der Waals surface area contributed by atoms with E-state index in [4.69, 9.17) is 0 Å². The van der Waals surface area contributed by atoms with Crippen molar-refractivity contribution in [3.8, 4) is 66.8 Å². The Labute approximate surface area is 286 Å². The average molecular weight is 633 g/mol. The van der Waals surface area contributed by atoms with E-state index >= 15 is 0 Å². The monoisotopic (exact) mass is 632 g/mol. The molecule has 0 saturated heterocycles. The van der Waals surface area contributed by atoms with Crippen LogP contribution in [0.1, 0.15) is 0 Å². The smallest absolute Gasteiger partial charge is 0.0575 e. The second-order valence-corrected chi connectivity index (χ2v) is 13.4. The highest BCUT2D eigenvalue weighted by molar-refractivity contribution is 6.30. The Balaban J connectivity index is 1.24. The first-order valence-electron chi connectivity index (χ1n) is 17.0. The minimum Gasteiger partial charge on any atom is -0.159 e. The Kier molecular flexibility index (Phi) is 4.94. The second-order valence-electron chi connectivity index (χ2n) is 13.4. The Bertz CT molecular complexity index is 2910. The fraction of sp³-hybridized carbons (Fsp3) is 0. The number of aromatic nitrogens is 4. The van der Waals surface area contributed by atoms with Gasteiger partial charge < -0.3 is 0 Å². The molecule has 12 rings (SSSR count). The van der Waals surface area contributed by atoms with Crippen LogP contribution in [0.3, 0.4) is 0 Å². The third kappa shape index (κ3) is 3.25. The molecule has 4 nitrogen and oxygen atoms in total. The maximum atomic E-state index is 4.34. The van der Waals surface area contributed by atoms with Crippen LogP contribution < -0.4 is 0 Å². The maximum absolute atomic E-state index is 4.34. The van der Waals surface area contributed by atoms with Crippen LogP contribution in [0.5, 0.6) is 0 Å². The van der Waals surface area contributed by atoms with Gasteiger partial charge in [0.15, 0.2) is 0 Å². The quantitative estimate of drug-likeness (QED) is 0.178. The predicted molar refractivity (Wildman–Crippen MR) is 205 cm³/mol. The van der Waals surface area contributed by atoms with Crippen LogP contribution in [0.25, 0.3) is 121 Å². The van der Waals surface area contributed by atoms with Gasteiger partial charge in [0, 0.05) is 11.1 Å². The van der Waals surface area contributed by atoms with E-state index in [0.29, 0.717) is 0 Å². The molecule has 2 heterocycles. The normalized spacial score (nSPS) is 12.4. The molecule has 0 amide bonds. The summed E-state index contributed by atoms with van der Waals surface area (Å²) in [4.78, 5) is 0. The lowest BCUT2D eigenvalue weighted by Crippen LogP contribution is -1.93. The fourth-order valence-electron chi connectivity index (χ4n) is 9.18. The van der Waals surface area contributed by atoms with Crippen LogP contribution in [0, 0.1) is 0 Å². The number of rotatable bonds is 2. The van der Waals surface area contributed by atoms with Crippen LogP contribution in [-0.2, 0) is 0 Å². The van der Waals surface area contributed by atoms with Crippen LogP contribution in [0.4, 0.5) is 0 Å². The van der Waals surface area contributed by atoms with Crippen molar-refractivity contribution in [2.24, 2.45) is 0 Å². The molecule has 0 saturated carbocycles. The van der Waals surface area contributed by atoms with Crippen molar-refractivity contribution in [1.82, 2.24) is 20.4 Å². The standard InChI is InChI=1S/C46H24N4/c1-5-25-7-3-11-35-41(25)31(9-1)39-21-37-29-13-16-34-38(30(29)14-15-33(37)43(45(35)39)27-17-19-47-49-23-27)22-40-32-10-2-6-26-8-4-12-36(42(26)32)46(40)44(34)28-18-20-48-50-24-28/h1-24H. The zero-order valence-corrected chi connectivity index (χ0v) is 26.6. The summed E-state index contributed by atoms with van der Waals surface area (Å²) in [7, 11) is 0. The molecule has 0 N–H and O–H groups in total. The zero-order valence-electron chi connectivity index (χ0n) is 26.6. The molecule has 50 heavy (non-hydrogen) atoms. The summed E-state index contributed by atoms with van der Waals surface area (Å²) in [5.74, 6) is 0. The molecule has 2 aliphatic carbocycles. The second kappa shape index (κ2) is 9.43. The summed E-state index contributed by atoms with van der Waals surface area (Å²) < 4.78 is 0. The van der Waals surface area contributed by atoms with Gasteiger partial charge in [0.25, 0.3) is 0 Å². The lowest BCUT2D eigenvalue weighted by molar-refractivity contribution is 1.03. The van der Waals surface area contributed by atoms with E-state index in [1.54, 1.807) is 12.4 Å². The third-order valence-electron chi connectivity index (χ3n) is 11.1. The summed E-state index contributed by atoms with van der Waals surface area (Å²) in [6.45, 7) is 0. The molecule has 2 aliphatic rings. The van der Waals surface area contributed by atoms with E-state index in [-0.39, 0.29) is 0 Å². The van der Waals surface area contributed by atoms with E-state index < -0.39 is 0 Å². The molecule has 10 aromatic rings. The zero-order chi connectivity index (χ0) is 32.5. The Morgan fingerprint density at radius 2 is 0.720 bits per heavy atom. The van der Waals surface area contributed by atoms with Crippen molar-refractivity contribution in [1.29, 1.82) is 0 Å². The SMILES string of the molecule is c1cc2c3c(cccc3c1)-c1c-2cc2c(ccc3c4cc5c(c(-c6ccnnc6)c4ccc23)-c2cccc3cccc-5c23)c1-c1ccnnc1. The Morgan fingerprint density at radius 3 is 1.14 bits per heavy atom. The van der Waals surface area contributed by atoms with Gasteiger partial charge >= 0.3 is 0 Å². The first-order valence-corrected chi connectivity index (χ1v) is 17.0. The molecular weight excluding hydrogens is 609 g/mol. The summed E-state index contributed by atoms with van der Waals surface area (Å²) in [5, 5.41) is 29.5. The lowest BCUT2D eigenvalue weighted by Gasteiger charge is -2.19. The van der Waals surface area contributed by atoms with E-state index in [1.807, 2.05) is 12.4 Å². The fourth-order valence-corrected chi connectivity index (χ4v) is 9.18. The maximum Gasteiger partial charge on any atom is 0.0575 e. The van der Waals surface area contributed by atoms with Crippen molar-refractivity contribution in [3.63, 3.8) is 0 Å².